The first kappa shape index (κ1) is 18.2. The van der Waals surface area contributed by atoms with Crippen molar-refractivity contribution in [3.8, 4) is 0 Å². The van der Waals surface area contributed by atoms with Crippen molar-refractivity contribution in [2.24, 2.45) is 0 Å². The molecule has 0 unspecified atom stereocenters. The highest BCUT2D eigenvalue weighted by Gasteiger charge is 2.07. The molecule has 2 rings (SSSR count). The molecule has 3 nitrogen and oxygen atoms in total. The number of hydrogen-bond acceptors (Lipinski definition) is 3. The van der Waals surface area contributed by atoms with Crippen molar-refractivity contribution in [3.05, 3.63) is 46.7 Å². The minimum absolute atomic E-state index is 0.777. The number of benzene rings is 1. The Kier molecular flexibility index (Phi) is 9.18. The quantitative estimate of drug-likeness (QED) is 0.830. The molecule has 112 valence electrons. The predicted octanol–water partition coefficient (Wildman–Crippen LogP) is 5.26. The molecular formula is C17H28N2O. The van der Waals surface area contributed by atoms with Crippen molar-refractivity contribution < 1.29 is 4.52 Å². The van der Waals surface area contributed by atoms with Crippen LogP contribution in [0, 0.1) is 20.8 Å². The molecule has 0 atom stereocenters. The lowest BCUT2D eigenvalue weighted by molar-refractivity contribution is 0.398. The van der Waals surface area contributed by atoms with Gasteiger partial charge in [0.1, 0.15) is 5.76 Å². The molecule has 0 radical (unpaired) electrons. The number of rotatable bonds is 3. The van der Waals surface area contributed by atoms with Gasteiger partial charge >= 0.3 is 0 Å². The van der Waals surface area contributed by atoms with E-state index in [9.17, 15) is 0 Å². The van der Waals surface area contributed by atoms with E-state index in [1.165, 1.54) is 11.1 Å². The van der Waals surface area contributed by atoms with E-state index >= 15 is 0 Å². The Balaban J connectivity index is 0.000000829. The van der Waals surface area contributed by atoms with Gasteiger partial charge in [0.15, 0.2) is 5.82 Å². The first-order valence-electron chi connectivity index (χ1n) is 7.39. The van der Waals surface area contributed by atoms with Crippen molar-refractivity contribution in [3.63, 3.8) is 0 Å². The molecule has 1 aromatic carbocycles. The summed E-state index contributed by atoms with van der Waals surface area (Å²) in [5.41, 5.74) is 3.64. The van der Waals surface area contributed by atoms with E-state index in [1.807, 2.05) is 53.7 Å². The summed E-state index contributed by atoms with van der Waals surface area (Å²) in [6.45, 7) is 14.8. The lowest BCUT2D eigenvalue weighted by Crippen LogP contribution is -2.02. The second-order valence-electron chi connectivity index (χ2n) is 3.99. The van der Waals surface area contributed by atoms with Gasteiger partial charge in [-0.2, -0.15) is 0 Å². The van der Waals surface area contributed by atoms with Gasteiger partial charge in [0.2, 0.25) is 0 Å². The van der Waals surface area contributed by atoms with Crippen LogP contribution in [-0.2, 0) is 6.54 Å². The molecule has 1 N–H and O–H groups in total. The molecule has 0 aliphatic rings. The summed E-state index contributed by atoms with van der Waals surface area (Å²) in [6.07, 6.45) is 0. The van der Waals surface area contributed by atoms with Crippen LogP contribution in [0.5, 0.6) is 0 Å². The summed E-state index contributed by atoms with van der Waals surface area (Å²) in [4.78, 5) is 0. The molecule has 1 aromatic heterocycles. The van der Waals surface area contributed by atoms with Crippen LogP contribution in [0.1, 0.15) is 50.1 Å². The first-order valence-corrected chi connectivity index (χ1v) is 7.39. The summed E-state index contributed by atoms with van der Waals surface area (Å²) in [5.74, 6) is 1.70. The van der Waals surface area contributed by atoms with Crippen LogP contribution in [-0.4, -0.2) is 5.16 Å². The maximum atomic E-state index is 5.10. The van der Waals surface area contributed by atoms with Gasteiger partial charge in [0.25, 0.3) is 0 Å². The maximum absolute atomic E-state index is 5.10. The average molecular weight is 276 g/mol. The third kappa shape index (κ3) is 5.08. The zero-order valence-corrected chi connectivity index (χ0v) is 13.9. The normalized spacial score (nSPS) is 8.95. The largest absolute Gasteiger partial charge is 0.363 e. The van der Waals surface area contributed by atoms with Crippen LogP contribution in [0.15, 0.2) is 28.8 Å². The SMILES string of the molecule is CC.CC.Cc1ccccc1CNc1noc(C)c1C. The second kappa shape index (κ2) is 10.1. The second-order valence-corrected chi connectivity index (χ2v) is 3.99. The fourth-order valence-corrected chi connectivity index (χ4v) is 1.57. The highest BCUT2D eigenvalue weighted by atomic mass is 16.5. The highest BCUT2D eigenvalue weighted by Crippen LogP contribution is 2.18. The molecule has 0 fully saturated rings. The van der Waals surface area contributed by atoms with Crippen molar-refractivity contribution in [2.45, 2.75) is 55.0 Å². The van der Waals surface area contributed by atoms with E-state index in [1.54, 1.807) is 0 Å². The van der Waals surface area contributed by atoms with E-state index in [0.717, 1.165) is 23.7 Å². The molecule has 0 aliphatic carbocycles. The Bertz CT molecular complexity index is 489. The van der Waals surface area contributed by atoms with E-state index in [0.29, 0.717) is 0 Å². The summed E-state index contributed by atoms with van der Waals surface area (Å²) in [5, 5.41) is 7.26. The van der Waals surface area contributed by atoms with Crippen molar-refractivity contribution in [1.82, 2.24) is 5.16 Å². The minimum atomic E-state index is 0.777. The van der Waals surface area contributed by atoms with Gasteiger partial charge in [-0.3, -0.25) is 0 Å². The number of anilines is 1. The Hall–Kier alpha value is -1.77. The average Bonchev–Trinajstić information content (AvgIpc) is 2.82. The van der Waals surface area contributed by atoms with Gasteiger partial charge < -0.3 is 9.84 Å². The minimum Gasteiger partial charge on any atom is -0.363 e. The molecule has 0 amide bonds. The molecule has 2 aromatic rings. The fraction of sp³-hybridized carbons (Fsp3) is 0.471. The van der Waals surface area contributed by atoms with Crippen LogP contribution in [0.3, 0.4) is 0 Å². The lowest BCUT2D eigenvalue weighted by Gasteiger charge is -2.06. The number of aryl methyl sites for hydroxylation is 2. The van der Waals surface area contributed by atoms with Crippen LogP contribution in [0.4, 0.5) is 5.82 Å². The van der Waals surface area contributed by atoms with E-state index in [-0.39, 0.29) is 0 Å². The van der Waals surface area contributed by atoms with E-state index in [4.69, 9.17) is 4.52 Å². The number of aromatic nitrogens is 1. The Morgan fingerprint density at radius 1 is 1.00 bits per heavy atom. The molecule has 3 heteroatoms. The topological polar surface area (TPSA) is 38.1 Å². The number of hydrogen-bond donors (Lipinski definition) is 1. The van der Waals surface area contributed by atoms with Crippen LogP contribution in [0.2, 0.25) is 0 Å². The van der Waals surface area contributed by atoms with Gasteiger partial charge in [-0.15, -0.1) is 0 Å². The maximum Gasteiger partial charge on any atom is 0.172 e. The van der Waals surface area contributed by atoms with Gasteiger partial charge in [-0.05, 0) is 31.9 Å². The first-order chi connectivity index (χ1) is 9.68. The van der Waals surface area contributed by atoms with Gasteiger partial charge in [0, 0.05) is 12.1 Å². The van der Waals surface area contributed by atoms with E-state index < -0.39 is 0 Å². The molecule has 1 heterocycles. The van der Waals surface area contributed by atoms with Gasteiger partial charge in [-0.1, -0.05) is 57.1 Å². The predicted molar refractivity (Wildman–Crippen MR) is 87.2 cm³/mol. The number of nitrogens with zero attached hydrogens (tertiary/aromatic N) is 1. The Labute approximate surface area is 123 Å². The number of nitrogens with one attached hydrogen (secondary N) is 1. The lowest BCUT2D eigenvalue weighted by atomic mass is 10.1. The van der Waals surface area contributed by atoms with Crippen LogP contribution >= 0.6 is 0 Å². The van der Waals surface area contributed by atoms with Crippen molar-refractivity contribution in [2.75, 3.05) is 5.32 Å². The molecule has 0 aliphatic heterocycles. The van der Waals surface area contributed by atoms with Gasteiger partial charge in [0.05, 0.1) is 0 Å². The van der Waals surface area contributed by atoms with Crippen LogP contribution < -0.4 is 5.32 Å². The zero-order valence-electron chi connectivity index (χ0n) is 13.9. The molecule has 0 bridgehead atoms. The molecular weight excluding hydrogens is 248 g/mol. The molecule has 0 spiro atoms. The Morgan fingerprint density at radius 3 is 2.10 bits per heavy atom. The summed E-state index contributed by atoms with van der Waals surface area (Å²) in [7, 11) is 0. The third-order valence-corrected chi connectivity index (χ3v) is 2.86. The van der Waals surface area contributed by atoms with Crippen molar-refractivity contribution in [1.29, 1.82) is 0 Å². The summed E-state index contributed by atoms with van der Waals surface area (Å²) >= 11 is 0. The summed E-state index contributed by atoms with van der Waals surface area (Å²) < 4.78 is 5.10. The molecule has 0 saturated heterocycles. The smallest absolute Gasteiger partial charge is 0.172 e. The highest BCUT2D eigenvalue weighted by molar-refractivity contribution is 5.44. The zero-order chi connectivity index (χ0) is 15.5. The van der Waals surface area contributed by atoms with Crippen molar-refractivity contribution >= 4 is 5.82 Å². The Morgan fingerprint density at radius 2 is 1.60 bits per heavy atom. The standard InChI is InChI=1S/C13H16N2O.2C2H6/c1-9-6-4-5-7-12(9)8-14-13-10(2)11(3)16-15-13;2*1-2/h4-7H,8H2,1-3H3,(H,14,15);2*1-2H3. The fourth-order valence-electron chi connectivity index (χ4n) is 1.57. The van der Waals surface area contributed by atoms with Crippen LogP contribution in [0.25, 0.3) is 0 Å². The molecule has 20 heavy (non-hydrogen) atoms. The molecule has 0 saturated carbocycles. The third-order valence-electron chi connectivity index (χ3n) is 2.86. The van der Waals surface area contributed by atoms with E-state index in [2.05, 4.69) is 29.5 Å². The van der Waals surface area contributed by atoms with Gasteiger partial charge in [-0.25, -0.2) is 0 Å². The summed E-state index contributed by atoms with van der Waals surface area (Å²) in [6, 6.07) is 8.32. The monoisotopic (exact) mass is 276 g/mol.